The summed E-state index contributed by atoms with van der Waals surface area (Å²) < 4.78 is 43.8. The van der Waals surface area contributed by atoms with Gasteiger partial charge in [0.15, 0.2) is 6.61 Å². The number of amides is 2. The van der Waals surface area contributed by atoms with Gasteiger partial charge in [0.2, 0.25) is 0 Å². The zero-order valence-electron chi connectivity index (χ0n) is 18.1. The lowest BCUT2D eigenvalue weighted by Gasteiger charge is -2.24. The Balaban J connectivity index is 1.33. The van der Waals surface area contributed by atoms with E-state index in [1.807, 2.05) is 18.2 Å². The van der Waals surface area contributed by atoms with Crippen LogP contribution >= 0.6 is 0 Å². The number of hydrogen-bond acceptors (Lipinski definition) is 4. The molecule has 2 amide bonds. The van der Waals surface area contributed by atoms with Gasteiger partial charge in [-0.25, -0.2) is 0 Å². The molecule has 1 atom stereocenters. The summed E-state index contributed by atoms with van der Waals surface area (Å²) in [4.78, 5) is 31.3. The third kappa shape index (κ3) is 5.54. The molecule has 4 rings (SSSR count). The molecule has 1 aromatic heterocycles. The van der Waals surface area contributed by atoms with E-state index in [0.29, 0.717) is 17.9 Å². The van der Waals surface area contributed by atoms with Crippen LogP contribution in [0.25, 0.3) is 0 Å². The van der Waals surface area contributed by atoms with E-state index in [0.717, 1.165) is 30.7 Å². The second-order valence-electron chi connectivity index (χ2n) is 7.85. The summed E-state index contributed by atoms with van der Waals surface area (Å²) in [5.41, 5.74) is 0.524. The van der Waals surface area contributed by atoms with E-state index in [4.69, 9.17) is 4.74 Å². The van der Waals surface area contributed by atoms with Crippen LogP contribution in [0.2, 0.25) is 0 Å². The average molecular weight is 469 g/mol. The van der Waals surface area contributed by atoms with Crippen molar-refractivity contribution in [1.82, 2.24) is 9.88 Å². The lowest BCUT2D eigenvalue weighted by molar-refractivity contribution is -0.137. The number of carbonyl (C=O) groups excluding carboxylic acids is 2. The minimum atomic E-state index is -4.50. The molecule has 9 heteroatoms. The predicted molar refractivity (Wildman–Crippen MR) is 119 cm³/mol. The van der Waals surface area contributed by atoms with E-state index in [1.165, 1.54) is 12.1 Å². The van der Waals surface area contributed by atoms with E-state index in [-0.39, 0.29) is 17.6 Å². The number of nitrogens with zero attached hydrogens (tertiary/aromatic N) is 2. The number of nitrogens with one attached hydrogen (secondary N) is 1. The Kier molecular flexibility index (Phi) is 6.81. The Morgan fingerprint density at radius 3 is 2.56 bits per heavy atom. The van der Waals surface area contributed by atoms with Crippen molar-refractivity contribution in [2.45, 2.75) is 25.1 Å². The molecule has 2 aromatic carbocycles. The third-order valence-electron chi connectivity index (χ3n) is 5.49. The Morgan fingerprint density at radius 2 is 1.85 bits per heavy atom. The molecule has 3 aromatic rings. The number of likely N-dealkylation sites (tertiary alicyclic amines) is 1. The van der Waals surface area contributed by atoms with Crippen LogP contribution in [0.1, 0.15) is 40.5 Å². The van der Waals surface area contributed by atoms with Gasteiger partial charge in [0.1, 0.15) is 5.75 Å². The average Bonchev–Trinajstić information content (AvgIpc) is 3.33. The van der Waals surface area contributed by atoms with Gasteiger partial charge in [-0.05, 0) is 67.4 Å². The van der Waals surface area contributed by atoms with E-state index < -0.39 is 24.3 Å². The molecule has 6 nitrogen and oxygen atoms in total. The van der Waals surface area contributed by atoms with E-state index in [2.05, 4.69) is 10.3 Å². The number of benzene rings is 2. The van der Waals surface area contributed by atoms with Gasteiger partial charge < -0.3 is 15.0 Å². The third-order valence-corrected chi connectivity index (χ3v) is 5.49. The van der Waals surface area contributed by atoms with Crippen LogP contribution in [0.4, 0.5) is 18.9 Å². The van der Waals surface area contributed by atoms with Crippen molar-refractivity contribution in [3.8, 4) is 5.75 Å². The van der Waals surface area contributed by atoms with Gasteiger partial charge in [-0.3, -0.25) is 14.6 Å². The van der Waals surface area contributed by atoms with Crippen molar-refractivity contribution in [2.24, 2.45) is 0 Å². The molecule has 1 aliphatic rings. The maximum Gasteiger partial charge on any atom is 0.416 e. The number of anilines is 1. The summed E-state index contributed by atoms with van der Waals surface area (Å²) in [5.74, 6) is -0.352. The normalized spacial score (nSPS) is 15.7. The number of halogens is 3. The van der Waals surface area contributed by atoms with Crippen LogP contribution in [-0.4, -0.2) is 34.8 Å². The van der Waals surface area contributed by atoms with Crippen molar-refractivity contribution in [3.05, 3.63) is 89.7 Å². The molecule has 34 heavy (non-hydrogen) atoms. The smallest absolute Gasteiger partial charge is 0.416 e. The highest BCUT2D eigenvalue weighted by Gasteiger charge is 2.32. The number of ether oxygens (including phenoxy) is 1. The molecule has 1 saturated heterocycles. The lowest BCUT2D eigenvalue weighted by atomic mass is 10.1. The zero-order chi connectivity index (χ0) is 24.1. The van der Waals surface area contributed by atoms with Crippen molar-refractivity contribution in [1.29, 1.82) is 0 Å². The van der Waals surface area contributed by atoms with Crippen molar-refractivity contribution >= 4 is 17.5 Å². The summed E-state index contributed by atoms with van der Waals surface area (Å²) in [6, 6.07) is 16.4. The van der Waals surface area contributed by atoms with E-state index in [1.54, 1.807) is 35.4 Å². The van der Waals surface area contributed by atoms with Crippen molar-refractivity contribution < 1.29 is 27.5 Å². The fraction of sp³-hybridized carbons (Fsp3) is 0.240. The molecule has 1 aliphatic heterocycles. The van der Waals surface area contributed by atoms with Gasteiger partial charge >= 0.3 is 6.18 Å². The fourth-order valence-corrected chi connectivity index (χ4v) is 3.87. The molecule has 176 valence electrons. The Hall–Kier alpha value is -3.88. The molecule has 0 bridgehead atoms. The highest BCUT2D eigenvalue weighted by atomic mass is 19.4. The topological polar surface area (TPSA) is 71.5 Å². The Bertz CT molecular complexity index is 1150. The second kappa shape index (κ2) is 9.94. The first-order chi connectivity index (χ1) is 16.3. The fourth-order valence-electron chi connectivity index (χ4n) is 3.87. The van der Waals surface area contributed by atoms with Gasteiger partial charge in [-0.15, -0.1) is 0 Å². The van der Waals surface area contributed by atoms with Crippen LogP contribution in [0, 0.1) is 0 Å². The number of rotatable bonds is 6. The minimum Gasteiger partial charge on any atom is -0.484 e. The first-order valence-corrected chi connectivity index (χ1v) is 10.7. The highest BCUT2D eigenvalue weighted by molar-refractivity contribution is 5.95. The first kappa shape index (κ1) is 23.3. The zero-order valence-corrected chi connectivity index (χ0v) is 18.1. The van der Waals surface area contributed by atoms with Crippen LogP contribution in [0.5, 0.6) is 5.75 Å². The van der Waals surface area contributed by atoms with Crippen molar-refractivity contribution in [2.75, 3.05) is 18.5 Å². The van der Waals surface area contributed by atoms with Crippen LogP contribution in [0.15, 0.2) is 72.9 Å². The predicted octanol–water partition coefficient (Wildman–Crippen LogP) is 5.10. The summed E-state index contributed by atoms with van der Waals surface area (Å²) in [6.45, 7) is 0.255. The highest BCUT2D eigenvalue weighted by Crippen LogP contribution is 2.32. The molecule has 0 radical (unpaired) electrons. The largest absolute Gasteiger partial charge is 0.484 e. The molecular weight excluding hydrogens is 447 g/mol. The summed E-state index contributed by atoms with van der Waals surface area (Å²) in [6.07, 6.45) is -1.03. The number of aromatic nitrogens is 1. The molecular formula is C25H22F3N3O3. The van der Waals surface area contributed by atoms with Gasteiger partial charge in [0.25, 0.3) is 11.8 Å². The molecule has 1 fully saturated rings. The van der Waals surface area contributed by atoms with Gasteiger partial charge in [-0.1, -0.05) is 12.1 Å². The molecule has 0 spiro atoms. The molecule has 1 unspecified atom stereocenters. The van der Waals surface area contributed by atoms with E-state index in [9.17, 15) is 22.8 Å². The first-order valence-electron chi connectivity index (χ1n) is 10.7. The Labute approximate surface area is 194 Å². The second-order valence-corrected chi connectivity index (χ2v) is 7.85. The monoisotopic (exact) mass is 469 g/mol. The standard InChI is InChI=1S/C25H22F3N3O3/c26-25(27,28)18-5-3-6-19(15-18)30-23(32)16-34-20-11-9-17(10-12-20)24(33)31-14-4-8-22(31)21-7-1-2-13-29-21/h1-3,5-7,9-13,15,22H,4,8,14,16H2,(H,30,32). The minimum absolute atomic E-state index is 0.0254. The number of hydrogen-bond donors (Lipinski definition) is 1. The van der Waals surface area contributed by atoms with Gasteiger partial charge in [-0.2, -0.15) is 13.2 Å². The summed E-state index contributed by atoms with van der Waals surface area (Å²) in [7, 11) is 0. The lowest BCUT2D eigenvalue weighted by Crippen LogP contribution is -2.30. The number of alkyl halides is 3. The SMILES string of the molecule is O=C(COc1ccc(C(=O)N2CCCC2c2ccccn2)cc1)Nc1cccc(C(F)(F)F)c1. The number of carbonyl (C=O) groups is 2. The van der Waals surface area contributed by atoms with Gasteiger partial charge in [0, 0.05) is 24.0 Å². The van der Waals surface area contributed by atoms with E-state index >= 15 is 0 Å². The maximum absolute atomic E-state index is 13.0. The molecule has 0 aliphatic carbocycles. The van der Waals surface area contributed by atoms with Crippen LogP contribution in [0.3, 0.4) is 0 Å². The summed E-state index contributed by atoms with van der Waals surface area (Å²) >= 11 is 0. The number of pyridine rings is 1. The quantitative estimate of drug-likeness (QED) is 0.546. The van der Waals surface area contributed by atoms with Gasteiger partial charge in [0.05, 0.1) is 17.3 Å². The Morgan fingerprint density at radius 1 is 1.06 bits per heavy atom. The molecule has 2 heterocycles. The maximum atomic E-state index is 13.0. The van der Waals surface area contributed by atoms with Crippen molar-refractivity contribution in [3.63, 3.8) is 0 Å². The molecule has 1 N–H and O–H groups in total. The van der Waals surface area contributed by atoms with Crippen LogP contribution < -0.4 is 10.1 Å². The summed E-state index contributed by atoms with van der Waals surface area (Å²) in [5, 5.41) is 2.38. The van der Waals surface area contributed by atoms with Crippen LogP contribution in [-0.2, 0) is 11.0 Å². The molecule has 0 saturated carbocycles.